The van der Waals surface area contributed by atoms with Crippen LogP contribution in [-0.4, -0.2) is 24.8 Å². The van der Waals surface area contributed by atoms with E-state index >= 15 is 0 Å². The van der Waals surface area contributed by atoms with Gasteiger partial charge in [-0.05, 0) is 19.4 Å². The van der Waals surface area contributed by atoms with Crippen molar-refractivity contribution in [3.05, 3.63) is 29.3 Å². The average molecular weight is 205 g/mol. The second kappa shape index (κ2) is 3.84. The molecular weight excluding hydrogens is 190 g/mol. The van der Waals surface area contributed by atoms with Gasteiger partial charge in [0.05, 0.1) is 17.6 Å². The van der Waals surface area contributed by atoms with Crippen LogP contribution in [0.1, 0.15) is 23.9 Å². The van der Waals surface area contributed by atoms with E-state index in [2.05, 4.69) is 22.2 Å². The quantitative estimate of drug-likeness (QED) is 0.749. The average Bonchev–Trinajstić information content (AvgIpc) is 2.75. The molecule has 0 unspecified atom stereocenters. The fraction of sp³-hybridized carbons (Fsp3) is 0.500. The highest BCUT2D eigenvalue weighted by Gasteiger charge is 2.07. The molecule has 0 atom stereocenters. The summed E-state index contributed by atoms with van der Waals surface area (Å²) in [5.41, 5.74) is 3.19. The third-order valence-corrected chi connectivity index (χ3v) is 2.36. The van der Waals surface area contributed by atoms with Crippen LogP contribution >= 0.6 is 0 Å². The first kappa shape index (κ1) is 9.89. The van der Waals surface area contributed by atoms with Gasteiger partial charge in [-0.1, -0.05) is 0 Å². The zero-order valence-electron chi connectivity index (χ0n) is 9.30. The van der Waals surface area contributed by atoms with Crippen molar-refractivity contribution >= 4 is 0 Å². The molecule has 2 heterocycles. The molecule has 2 aromatic rings. The van der Waals surface area contributed by atoms with Gasteiger partial charge in [0.2, 0.25) is 0 Å². The second-order valence-electron chi connectivity index (χ2n) is 3.60. The van der Waals surface area contributed by atoms with E-state index in [9.17, 15) is 0 Å². The van der Waals surface area contributed by atoms with Crippen molar-refractivity contribution in [2.45, 2.75) is 26.8 Å². The summed E-state index contributed by atoms with van der Waals surface area (Å²) in [7, 11) is 1.84. The minimum atomic E-state index is 0.805. The van der Waals surface area contributed by atoms with Crippen molar-refractivity contribution in [1.29, 1.82) is 0 Å². The zero-order valence-corrected chi connectivity index (χ0v) is 9.30. The second-order valence-corrected chi connectivity index (χ2v) is 3.60. The molecule has 2 rings (SSSR count). The monoisotopic (exact) mass is 205 g/mol. The lowest BCUT2D eigenvalue weighted by Crippen LogP contribution is -1.94. The third kappa shape index (κ3) is 2.06. The van der Waals surface area contributed by atoms with Crippen molar-refractivity contribution in [2.24, 2.45) is 7.05 Å². The topological polar surface area (TPSA) is 48.5 Å². The Bertz CT molecular complexity index is 454. The lowest BCUT2D eigenvalue weighted by atomic mass is 10.2. The predicted octanol–water partition coefficient (Wildman–Crippen LogP) is 0.931. The maximum atomic E-state index is 4.31. The summed E-state index contributed by atoms with van der Waals surface area (Å²) in [5.74, 6) is 0. The van der Waals surface area contributed by atoms with Crippen LogP contribution in [0.3, 0.4) is 0 Å². The molecule has 5 nitrogen and oxygen atoms in total. The van der Waals surface area contributed by atoms with Crippen LogP contribution in [0.2, 0.25) is 0 Å². The van der Waals surface area contributed by atoms with Gasteiger partial charge >= 0.3 is 0 Å². The van der Waals surface area contributed by atoms with E-state index in [1.807, 2.05) is 31.0 Å². The van der Waals surface area contributed by atoms with E-state index in [0.717, 1.165) is 24.4 Å². The van der Waals surface area contributed by atoms with E-state index in [1.165, 1.54) is 5.56 Å². The Morgan fingerprint density at radius 1 is 1.33 bits per heavy atom. The van der Waals surface area contributed by atoms with Gasteiger partial charge < -0.3 is 0 Å². The highest BCUT2D eigenvalue weighted by atomic mass is 15.5. The number of aryl methyl sites for hydroxylation is 3. The molecule has 0 fully saturated rings. The van der Waals surface area contributed by atoms with Crippen LogP contribution in [0.15, 0.2) is 12.4 Å². The summed E-state index contributed by atoms with van der Waals surface area (Å²) in [6.07, 6.45) is 4.74. The molecule has 0 aromatic carbocycles. The molecule has 0 aliphatic carbocycles. The molecule has 0 bridgehead atoms. The van der Waals surface area contributed by atoms with E-state index in [0.29, 0.717) is 0 Å². The van der Waals surface area contributed by atoms with Crippen molar-refractivity contribution in [3.63, 3.8) is 0 Å². The van der Waals surface area contributed by atoms with Crippen molar-refractivity contribution in [2.75, 3.05) is 0 Å². The van der Waals surface area contributed by atoms with Gasteiger partial charge in [-0.2, -0.15) is 20.1 Å². The van der Waals surface area contributed by atoms with Crippen molar-refractivity contribution < 1.29 is 0 Å². The Balaban J connectivity index is 2.17. The minimum absolute atomic E-state index is 0.805. The molecule has 0 aliphatic rings. The maximum absolute atomic E-state index is 4.31. The third-order valence-electron chi connectivity index (χ3n) is 2.36. The van der Waals surface area contributed by atoms with E-state index in [-0.39, 0.29) is 0 Å². The van der Waals surface area contributed by atoms with E-state index in [4.69, 9.17) is 0 Å². The van der Waals surface area contributed by atoms with Crippen molar-refractivity contribution in [1.82, 2.24) is 24.8 Å². The zero-order chi connectivity index (χ0) is 10.8. The van der Waals surface area contributed by atoms with E-state index < -0.39 is 0 Å². The van der Waals surface area contributed by atoms with Crippen LogP contribution in [0, 0.1) is 6.92 Å². The first-order chi connectivity index (χ1) is 7.19. The summed E-state index contributed by atoms with van der Waals surface area (Å²) < 4.78 is 1.92. The molecule has 2 aromatic heterocycles. The van der Waals surface area contributed by atoms with Crippen LogP contribution < -0.4 is 0 Å². The van der Waals surface area contributed by atoms with Crippen molar-refractivity contribution in [3.8, 4) is 0 Å². The SMILES string of the molecule is CCn1cc(Cc2nn(C)nc2C)cn1. The summed E-state index contributed by atoms with van der Waals surface area (Å²) >= 11 is 0. The largest absolute Gasteiger partial charge is 0.273 e. The summed E-state index contributed by atoms with van der Waals surface area (Å²) in [6, 6.07) is 0. The summed E-state index contributed by atoms with van der Waals surface area (Å²) in [5, 5.41) is 12.8. The van der Waals surface area contributed by atoms with Gasteiger partial charge in [0.15, 0.2) is 0 Å². The Labute approximate surface area is 88.7 Å². The molecule has 80 valence electrons. The van der Waals surface area contributed by atoms with Gasteiger partial charge in [-0.3, -0.25) is 4.68 Å². The molecule has 0 spiro atoms. The Morgan fingerprint density at radius 3 is 2.67 bits per heavy atom. The molecule has 0 radical (unpaired) electrons. The predicted molar refractivity (Wildman–Crippen MR) is 56.4 cm³/mol. The van der Waals surface area contributed by atoms with Crippen LogP contribution in [0.4, 0.5) is 0 Å². The number of hydrogen-bond donors (Lipinski definition) is 0. The minimum Gasteiger partial charge on any atom is -0.273 e. The maximum Gasteiger partial charge on any atom is 0.0901 e. The Kier molecular flexibility index (Phi) is 2.53. The van der Waals surface area contributed by atoms with Gasteiger partial charge in [-0.25, -0.2) is 0 Å². The van der Waals surface area contributed by atoms with Gasteiger partial charge in [0, 0.05) is 26.2 Å². The molecule has 0 N–H and O–H groups in total. The van der Waals surface area contributed by atoms with Gasteiger partial charge in [0.25, 0.3) is 0 Å². The van der Waals surface area contributed by atoms with Crippen LogP contribution in [0.25, 0.3) is 0 Å². The fourth-order valence-corrected chi connectivity index (χ4v) is 1.57. The van der Waals surface area contributed by atoms with E-state index in [1.54, 1.807) is 4.80 Å². The number of rotatable bonds is 3. The van der Waals surface area contributed by atoms with Crippen LogP contribution in [-0.2, 0) is 20.0 Å². The Morgan fingerprint density at radius 2 is 2.13 bits per heavy atom. The van der Waals surface area contributed by atoms with Gasteiger partial charge in [0.1, 0.15) is 0 Å². The molecule has 0 aliphatic heterocycles. The number of nitrogens with zero attached hydrogens (tertiary/aromatic N) is 5. The smallest absolute Gasteiger partial charge is 0.0901 e. The molecule has 0 amide bonds. The molecule has 0 saturated heterocycles. The normalized spacial score (nSPS) is 10.9. The first-order valence-corrected chi connectivity index (χ1v) is 5.07. The lowest BCUT2D eigenvalue weighted by molar-refractivity contribution is 0.643. The van der Waals surface area contributed by atoms with Gasteiger partial charge in [-0.15, -0.1) is 0 Å². The summed E-state index contributed by atoms with van der Waals surface area (Å²) in [6.45, 7) is 4.95. The fourth-order valence-electron chi connectivity index (χ4n) is 1.57. The Hall–Kier alpha value is -1.65. The summed E-state index contributed by atoms with van der Waals surface area (Å²) in [4.78, 5) is 1.61. The lowest BCUT2D eigenvalue weighted by Gasteiger charge is -1.93. The molecule has 0 saturated carbocycles. The highest BCUT2D eigenvalue weighted by molar-refractivity contribution is 5.18. The first-order valence-electron chi connectivity index (χ1n) is 5.07. The number of hydrogen-bond acceptors (Lipinski definition) is 3. The molecule has 15 heavy (non-hydrogen) atoms. The van der Waals surface area contributed by atoms with Crippen LogP contribution in [0.5, 0.6) is 0 Å². The standard InChI is InChI=1S/C10H15N5/c1-4-15-7-9(6-11-15)5-10-8(2)12-14(3)13-10/h6-7H,4-5H2,1-3H3. The highest BCUT2D eigenvalue weighted by Crippen LogP contribution is 2.08. The molecule has 5 heteroatoms. The number of aromatic nitrogens is 5. The molecular formula is C10H15N5.